The molecular formula is C21H29FN4O3. The van der Waals surface area contributed by atoms with Crippen molar-refractivity contribution in [3.05, 3.63) is 35.9 Å². The topological polar surface area (TPSA) is 82.6 Å². The molecule has 0 unspecified atom stereocenters. The minimum Gasteiger partial charge on any atom is -0.476 e. The van der Waals surface area contributed by atoms with Crippen LogP contribution in [0.15, 0.2) is 30.3 Å². The van der Waals surface area contributed by atoms with Crippen molar-refractivity contribution >= 4 is 11.9 Å². The number of aromatic nitrogens is 2. The van der Waals surface area contributed by atoms with E-state index in [1.807, 2.05) is 37.3 Å². The Bertz CT molecular complexity index is 848. The SMILES string of the molecule is Cc1c(OC[C@H]2CCN(C(=O)OC(C)(C)C)C[C@H]2F)nn(-c2ccccc2)c1N. The zero-order valence-electron chi connectivity index (χ0n) is 17.4. The highest BCUT2D eigenvalue weighted by Gasteiger charge is 2.34. The summed E-state index contributed by atoms with van der Waals surface area (Å²) in [4.78, 5) is 13.6. The maximum absolute atomic E-state index is 14.7. The second-order valence-electron chi connectivity index (χ2n) is 8.36. The first-order valence-corrected chi connectivity index (χ1v) is 9.81. The Hall–Kier alpha value is -2.77. The predicted octanol–water partition coefficient (Wildman–Crippen LogP) is 3.74. The lowest BCUT2D eigenvalue weighted by atomic mass is 9.96. The van der Waals surface area contributed by atoms with E-state index >= 15 is 0 Å². The van der Waals surface area contributed by atoms with Gasteiger partial charge in [-0.05, 0) is 46.2 Å². The van der Waals surface area contributed by atoms with Crippen LogP contribution in [0, 0.1) is 12.8 Å². The van der Waals surface area contributed by atoms with Crippen LogP contribution in [-0.4, -0.2) is 52.2 Å². The number of halogens is 1. The Morgan fingerprint density at radius 3 is 2.62 bits per heavy atom. The minimum atomic E-state index is -1.19. The highest BCUT2D eigenvalue weighted by Crippen LogP contribution is 2.28. The second-order valence-corrected chi connectivity index (χ2v) is 8.36. The molecule has 1 fully saturated rings. The number of nitrogen functional groups attached to an aromatic ring is 1. The summed E-state index contributed by atoms with van der Waals surface area (Å²) >= 11 is 0. The van der Waals surface area contributed by atoms with Gasteiger partial charge in [0.25, 0.3) is 0 Å². The summed E-state index contributed by atoms with van der Waals surface area (Å²) in [5.41, 5.74) is 7.11. The fourth-order valence-corrected chi connectivity index (χ4v) is 3.21. The third-order valence-corrected chi connectivity index (χ3v) is 4.89. The van der Waals surface area contributed by atoms with E-state index in [1.165, 1.54) is 4.90 Å². The molecule has 0 bridgehead atoms. The molecule has 2 N–H and O–H groups in total. The van der Waals surface area contributed by atoms with Gasteiger partial charge in [-0.25, -0.2) is 13.9 Å². The van der Waals surface area contributed by atoms with Gasteiger partial charge in [-0.15, -0.1) is 5.10 Å². The molecule has 1 aliphatic rings. The molecule has 1 aromatic carbocycles. The number of rotatable bonds is 4. The van der Waals surface area contributed by atoms with E-state index in [4.69, 9.17) is 15.2 Å². The molecule has 1 aromatic heterocycles. The number of nitrogens with zero attached hydrogens (tertiary/aromatic N) is 3. The molecule has 1 saturated heterocycles. The quantitative estimate of drug-likeness (QED) is 0.839. The third-order valence-electron chi connectivity index (χ3n) is 4.89. The van der Waals surface area contributed by atoms with Gasteiger partial charge in [0.1, 0.15) is 17.6 Å². The molecule has 3 rings (SSSR count). The Morgan fingerprint density at radius 1 is 1.31 bits per heavy atom. The Labute approximate surface area is 170 Å². The van der Waals surface area contributed by atoms with Crippen molar-refractivity contribution in [3.63, 3.8) is 0 Å². The Kier molecular flexibility index (Phi) is 6.00. The first-order valence-electron chi connectivity index (χ1n) is 9.81. The molecule has 8 heteroatoms. The summed E-state index contributed by atoms with van der Waals surface area (Å²) in [6.07, 6.45) is -1.18. The molecule has 2 atom stereocenters. The summed E-state index contributed by atoms with van der Waals surface area (Å²) in [6, 6.07) is 9.52. The summed E-state index contributed by atoms with van der Waals surface area (Å²) in [5.74, 6) is 0.562. The molecule has 1 amide bonds. The summed E-state index contributed by atoms with van der Waals surface area (Å²) in [7, 11) is 0. The highest BCUT2D eigenvalue weighted by atomic mass is 19.1. The van der Waals surface area contributed by atoms with E-state index in [0.717, 1.165) is 11.3 Å². The molecule has 7 nitrogen and oxygen atoms in total. The van der Waals surface area contributed by atoms with Crippen molar-refractivity contribution < 1.29 is 18.7 Å². The molecule has 0 spiro atoms. The van der Waals surface area contributed by atoms with Crippen molar-refractivity contribution in [2.45, 2.75) is 45.9 Å². The number of hydrogen-bond acceptors (Lipinski definition) is 5. The first kappa shape index (κ1) is 21.0. The molecular weight excluding hydrogens is 375 g/mol. The highest BCUT2D eigenvalue weighted by molar-refractivity contribution is 5.68. The molecule has 158 valence electrons. The molecule has 2 heterocycles. The standard InChI is InChI=1S/C21H29FN4O3/c1-14-18(23)26(16-8-6-5-7-9-16)24-19(14)28-13-15-10-11-25(12-17(15)22)20(27)29-21(2,3)4/h5-9,15,17H,10-13,23H2,1-4H3/t15-,17-/m1/s1. The van der Waals surface area contributed by atoms with Gasteiger partial charge in [0.2, 0.25) is 5.88 Å². The maximum atomic E-state index is 14.7. The number of alkyl halides is 1. The molecule has 0 saturated carbocycles. The number of piperidine rings is 1. The molecule has 0 radical (unpaired) electrons. The third kappa shape index (κ3) is 4.99. The fraction of sp³-hybridized carbons (Fsp3) is 0.524. The van der Waals surface area contributed by atoms with E-state index < -0.39 is 17.9 Å². The number of carbonyl (C=O) groups is 1. The largest absolute Gasteiger partial charge is 0.476 e. The lowest BCUT2D eigenvalue weighted by Crippen LogP contribution is -2.48. The zero-order valence-corrected chi connectivity index (χ0v) is 17.4. The smallest absolute Gasteiger partial charge is 0.410 e. The Balaban J connectivity index is 1.59. The van der Waals surface area contributed by atoms with Crippen LogP contribution >= 0.6 is 0 Å². The molecule has 2 aromatic rings. The number of carbonyl (C=O) groups excluding carboxylic acids is 1. The van der Waals surface area contributed by atoms with Crippen molar-refractivity contribution in [1.29, 1.82) is 0 Å². The van der Waals surface area contributed by atoms with Gasteiger partial charge in [-0.1, -0.05) is 18.2 Å². The maximum Gasteiger partial charge on any atom is 0.410 e. The van der Waals surface area contributed by atoms with Gasteiger partial charge in [0.05, 0.1) is 24.4 Å². The van der Waals surface area contributed by atoms with E-state index in [2.05, 4.69) is 5.10 Å². The monoisotopic (exact) mass is 404 g/mol. The minimum absolute atomic E-state index is 0.00250. The van der Waals surface area contributed by atoms with Crippen LogP contribution in [0.1, 0.15) is 32.8 Å². The first-order chi connectivity index (χ1) is 13.7. The van der Waals surface area contributed by atoms with Crippen LogP contribution in [0.5, 0.6) is 5.88 Å². The van der Waals surface area contributed by atoms with Gasteiger partial charge in [-0.3, -0.25) is 0 Å². The molecule has 29 heavy (non-hydrogen) atoms. The fourth-order valence-electron chi connectivity index (χ4n) is 3.21. The lowest BCUT2D eigenvalue weighted by molar-refractivity contribution is 0.000148. The van der Waals surface area contributed by atoms with Gasteiger partial charge in [0.15, 0.2) is 0 Å². The number of anilines is 1. The lowest BCUT2D eigenvalue weighted by Gasteiger charge is -2.35. The van der Waals surface area contributed by atoms with Gasteiger partial charge in [-0.2, -0.15) is 0 Å². The van der Waals surface area contributed by atoms with Crippen molar-refractivity contribution in [1.82, 2.24) is 14.7 Å². The number of hydrogen-bond donors (Lipinski definition) is 1. The molecule has 1 aliphatic heterocycles. The van der Waals surface area contributed by atoms with Crippen molar-refractivity contribution in [2.75, 3.05) is 25.4 Å². The number of nitrogens with two attached hydrogens (primary N) is 1. The number of para-hydroxylation sites is 1. The summed E-state index contributed by atoms with van der Waals surface area (Å²) < 4.78 is 27.4. The zero-order chi connectivity index (χ0) is 21.2. The van der Waals surface area contributed by atoms with E-state index in [-0.39, 0.29) is 19.1 Å². The summed E-state index contributed by atoms with van der Waals surface area (Å²) in [5, 5.41) is 4.43. The van der Waals surface area contributed by atoms with Crippen molar-refractivity contribution in [2.24, 2.45) is 5.92 Å². The summed E-state index contributed by atoms with van der Waals surface area (Å²) in [6.45, 7) is 7.82. The average Bonchev–Trinajstić information content (AvgIpc) is 2.95. The number of likely N-dealkylation sites (tertiary alicyclic amines) is 1. The van der Waals surface area contributed by atoms with Gasteiger partial charge >= 0.3 is 6.09 Å². The number of ether oxygens (including phenoxy) is 2. The molecule has 0 aliphatic carbocycles. The van der Waals surface area contributed by atoms with Gasteiger partial charge < -0.3 is 20.1 Å². The van der Waals surface area contributed by atoms with Crippen LogP contribution in [0.3, 0.4) is 0 Å². The number of amides is 1. The normalized spacial score (nSPS) is 19.8. The van der Waals surface area contributed by atoms with Crippen LogP contribution in [0.4, 0.5) is 15.0 Å². The van der Waals surface area contributed by atoms with Crippen LogP contribution in [0.2, 0.25) is 0 Å². The van der Waals surface area contributed by atoms with Crippen molar-refractivity contribution in [3.8, 4) is 11.6 Å². The van der Waals surface area contributed by atoms with Crippen LogP contribution in [0.25, 0.3) is 5.69 Å². The number of benzene rings is 1. The van der Waals surface area contributed by atoms with E-state index in [9.17, 15) is 9.18 Å². The van der Waals surface area contributed by atoms with E-state index in [0.29, 0.717) is 24.7 Å². The van der Waals surface area contributed by atoms with Gasteiger partial charge in [0, 0.05) is 12.5 Å². The predicted molar refractivity (Wildman–Crippen MR) is 109 cm³/mol. The second kappa shape index (κ2) is 8.31. The van der Waals surface area contributed by atoms with Crippen LogP contribution < -0.4 is 10.5 Å². The van der Waals surface area contributed by atoms with Crippen LogP contribution in [-0.2, 0) is 4.74 Å². The average molecular weight is 404 g/mol. The Morgan fingerprint density at radius 2 is 2.00 bits per heavy atom. The van der Waals surface area contributed by atoms with E-state index in [1.54, 1.807) is 25.5 Å².